The van der Waals surface area contributed by atoms with Gasteiger partial charge in [0.05, 0.1) is 13.2 Å². The van der Waals surface area contributed by atoms with E-state index in [1.54, 1.807) is 6.20 Å². The summed E-state index contributed by atoms with van der Waals surface area (Å²) in [6, 6.07) is -0.337. The van der Waals surface area contributed by atoms with Crippen molar-refractivity contribution < 1.29 is 9.53 Å². The third kappa shape index (κ3) is 3.06. The third-order valence-corrected chi connectivity index (χ3v) is 2.19. The SMILES string of the molecule is O=C(NC=C1CCOCC1)Nc1ncn[nH]1. The number of carbonyl (C=O) groups excluding carboxylic acids is 1. The molecule has 0 saturated carbocycles. The summed E-state index contributed by atoms with van der Waals surface area (Å²) < 4.78 is 5.20. The molecule has 1 saturated heterocycles. The lowest BCUT2D eigenvalue weighted by atomic mass is 10.1. The van der Waals surface area contributed by atoms with Crippen molar-refractivity contribution in [2.45, 2.75) is 12.8 Å². The molecule has 1 aliphatic rings. The maximum Gasteiger partial charge on any atom is 0.325 e. The van der Waals surface area contributed by atoms with Gasteiger partial charge in [0.2, 0.25) is 5.95 Å². The first kappa shape index (κ1) is 10.6. The molecule has 1 fully saturated rings. The highest BCUT2D eigenvalue weighted by Crippen LogP contribution is 2.11. The largest absolute Gasteiger partial charge is 0.381 e. The van der Waals surface area contributed by atoms with Crippen LogP contribution in [0, 0.1) is 0 Å². The number of urea groups is 1. The molecule has 0 aliphatic carbocycles. The Morgan fingerprint density at radius 3 is 3.00 bits per heavy atom. The minimum absolute atomic E-state index is 0.322. The van der Waals surface area contributed by atoms with Crippen LogP contribution in [-0.2, 0) is 4.74 Å². The zero-order valence-corrected chi connectivity index (χ0v) is 8.69. The minimum atomic E-state index is -0.337. The lowest BCUT2D eigenvalue weighted by Gasteiger charge is -2.14. The van der Waals surface area contributed by atoms with E-state index in [-0.39, 0.29) is 6.03 Å². The van der Waals surface area contributed by atoms with Crippen LogP contribution in [0.25, 0.3) is 0 Å². The molecule has 0 spiro atoms. The summed E-state index contributed by atoms with van der Waals surface area (Å²) >= 11 is 0. The monoisotopic (exact) mass is 223 g/mol. The van der Waals surface area contributed by atoms with Crippen molar-refractivity contribution in [1.29, 1.82) is 0 Å². The van der Waals surface area contributed by atoms with Crippen molar-refractivity contribution in [1.82, 2.24) is 20.5 Å². The Hall–Kier alpha value is -1.89. The molecule has 0 aromatic carbocycles. The Morgan fingerprint density at radius 1 is 1.50 bits per heavy atom. The predicted molar refractivity (Wildman–Crippen MR) is 56.7 cm³/mol. The summed E-state index contributed by atoms with van der Waals surface area (Å²) in [5, 5.41) is 11.3. The fourth-order valence-electron chi connectivity index (χ4n) is 1.35. The second-order valence-electron chi connectivity index (χ2n) is 3.35. The van der Waals surface area contributed by atoms with E-state index in [1.807, 2.05) is 0 Å². The van der Waals surface area contributed by atoms with Crippen molar-refractivity contribution in [2.24, 2.45) is 0 Å². The number of amides is 2. The summed E-state index contributed by atoms with van der Waals surface area (Å²) in [7, 11) is 0. The second kappa shape index (κ2) is 5.26. The zero-order valence-electron chi connectivity index (χ0n) is 8.69. The van der Waals surface area contributed by atoms with Gasteiger partial charge >= 0.3 is 6.03 Å². The van der Waals surface area contributed by atoms with E-state index < -0.39 is 0 Å². The van der Waals surface area contributed by atoms with Gasteiger partial charge in [-0.25, -0.2) is 9.89 Å². The van der Waals surface area contributed by atoms with Gasteiger partial charge in [-0.2, -0.15) is 10.1 Å². The molecular weight excluding hydrogens is 210 g/mol. The van der Waals surface area contributed by atoms with E-state index in [1.165, 1.54) is 11.9 Å². The van der Waals surface area contributed by atoms with Crippen molar-refractivity contribution in [3.63, 3.8) is 0 Å². The van der Waals surface area contributed by atoms with Crippen molar-refractivity contribution in [3.05, 3.63) is 18.1 Å². The molecule has 1 aromatic rings. The first-order chi connectivity index (χ1) is 7.84. The van der Waals surface area contributed by atoms with Gasteiger partial charge in [0.15, 0.2) is 0 Å². The highest BCUT2D eigenvalue weighted by atomic mass is 16.5. The van der Waals surface area contributed by atoms with Crippen LogP contribution in [0.2, 0.25) is 0 Å². The van der Waals surface area contributed by atoms with Crippen molar-refractivity contribution in [2.75, 3.05) is 18.5 Å². The van der Waals surface area contributed by atoms with E-state index >= 15 is 0 Å². The first-order valence-electron chi connectivity index (χ1n) is 5.03. The van der Waals surface area contributed by atoms with Gasteiger partial charge in [-0.3, -0.25) is 5.32 Å². The zero-order chi connectivity index (χ0) is 11.2. The lowest BCUT2D eigenvalue weighted by molar-refractivity contribution is 0.119. The number of hydrogen-bond donors (Lipinski definition) is 3. The Labute approximate surface area is 92.3 Å². The number of aromatic amines is 1. The molecule has 2 amide bonds. The smallest absolute Gasteiger partial charge is 0.325 e. The number of anilines is 1. The topological polar surface area (TPSA) is 91.9 Å². The standard InChI is InChI=1S/C9H13N5O2/c15-9(13-8-11-6-12-14-8)10-5-7-1-3-16-4-2-7/h5-6H,1-4H2,(H3,10,11,12,13,14,15). The van der Waals surface area contributed by atoms with Crippen molar-refractivity contribution in [3.8, 4) is 0 Å². The van der Waals surface area contributed by atoms with E-state index in [0.717, 1.165) is 26.1 Å². The van der Waals surface area contributed by atoms with Gasteiger partial charge < -0.3 is 10.1 Å². The summed E-state index contributed by atoms with van der Waals surface area (Å²) in [6.45, 7) is 1.44. The van der Waals surface area contributed by atoms with E-state index in [2.05, 4.69) is 25.8 Å². The van der Waals surface area contributed by atoms with Crippen LogP contribution in [0.15, 0.2) is 18.1 Å². The van der Waals surface area contributed by atoms with Crippen LogP contribution < -0.4 is 10.6 Å². The molecule has 7 heteroatoms. The van der Waals surface area contributed by atoms with Gasteiger partial charge in [-0.05, 0) is 18.4 Å². The Kier molecular flexibility index (Phi) is 3.50. The molecule has 16 heavy (non-hydrogen) atoms. The number of H-pyrrole nitrogens is 1. The van der Waals surface area contributed by atoms with Crippen LogP contribution in [-0.4, -0.2) is 34.4 Å². The average Bonchev–Trinajstić information content (AvgIpc) is 2.81. The van der Waals surface area contributed by atoms with E-state index in [0.29, 0.717) is 5.95 Å². The Bertz CT molecular complexity index is 365. The van der Waals surface area contributed by atoms with Crippen LogP contribution in [0.1, 0.15) is 12.8 Å². The summed E-state index contributed by atoms with van der Waals surface area (Å²) in [6.07, 6.45) is 4.77. The number of ether oxygens (including phenoxy) is 1. The van der Waals surface area contributed by atoms with Crippen LogP contribution in [0.5, 0.6) is 0 Å². The second-order valence-corrected chi connectivity index (χ2v) is 3.35. The normalized spacial score (nSPS) is 15.6. The quantitative estimate of drug-likeness (QED) is 0.685. The predicted octanol–water partition coefficient (Wildman–Crippen LogP) is 0.620. The molecule has 2 rings (SSSR count). The molecule has 1 aromatic heterocycles. The van der Waals surface area contributed by atoms with E-state index in [4.69, 9.17) is 4.74 Å². The molecule has 0 atom stereocenters. The fourth-order valence-corrected chi connectivity index (χ4v) is 1.35. The molecule has 86 valence electrons. The van der Waals surface area contributed by atoms with Gasteiger partial charge in [0.1, 0.15) is 6.33 Å². The summed E-state index contributed by atoms with van der Waals surface area (Å²) in [5.74, 6) is 0.322. The lowest BCUT2D eigenvalue weighted by Crippen LogP contribution is -2.25. The molecule has 0 unspecified atom stereocenters. The highest BCUT2D eigenvalue weighted by molar-refractivity contribution is 5.87. The van der Waals surface area contributed by atoms with Gasteiger partial charge in [-0.15, -0.1) is 0 Å². The van der Waals surface area contributed by atoms with Gasteiger partial charge in [0.25, 0.3) is 0 Å². The Morgan fingerprint density at radius 2 is 2.31 bits per heavy atom. The number of aromatic nitrogens is 3. The fraction of sp³-hybridized carbons (Fsp3) is 0.444. The molecule has 7 nitrogen and oxygen atoms in total. The molecule has 1 aliphatic heterocycles. The van der Waals surface area contributed by atoms with E-state index in [9.17, 15) is 4.79 Å². The van der Waals surface area contributed by atoms with Crippen molar-refractivity contribution >= 4 is 12.0 Å². The number of hydrogen-bond acceptors (Lipinski definition) is 4. The molecule has 3 N–H and O–H groups in total. The van der Waals surface area contributed by atoms with Crippen LogP contribution in [0.4, 0.5) is 10.7 Å². The highest BCUT2D eigenvalue weighted by Gasteiger charge is 2.06. The number of nitrogens with zero attached hydrogens (tertiary/aromatic N) is 2. The average molecular weight is 223 g/mol. The summed E-state index contributed by atoms with van der Waals surface area (Å²) in [4.78, 5) is 15.1. The number of rotatable bonds is 2. The summed E-state index contributed by atoms with van der Waals surface area (Å²) in [5.41, 5.74) is 1.18. The molecule has 0 radical (unpaired) electrons. The molecular formula is C9H13N5O2. The third-order valence-electron chi connectivity index (χ3n) is 2.19. The maximum atomic E-state index is 11.4. The Balaban J connectivity index is 1.78. The molecule has 0 bridgehead atoms. The first-order valence-corrected chi connectivity index (χ1v) is 5.03. The van der Waals surface area contributed by atoms with Crippen LogP contribution in [0.3, 0.4) is 0 Å². The van der Waals surface area contributed by atoms with Gasteiger partial charge in [-0.1, -0.05) is 0 Å². The maximum absolute atomic E-state index is 11.4. The van der Waals surface area contributed by atoms with Gasteiger partial charge in [0, 0.05) is 6.20 Å². The van der Waals surface area contributed by atoms with Crippen LogP contribution >= 0.6 is 0 Å². The number of carbonyl (C=O) groups is 1. The molecule has 2 heterocycles. The number of nitrogens with one attached hydrogen (secondary N) is 3. The minimum Gasteiger partial charge on any atom is -0.381 e.